The van der Waals surface area contributed by atoms with Gasteiger partial charge in [-0.3, -0.25) is 0 Å². The van der Waals surface area contributed by atoms with Crippen molar-refractivity contribution in [2.75, 3.05) is 5.75 Å². The van der Waals surface area contributed by atoms with E-state index < -0.39 is 0 Å². The molecule has 0 fully saturated rings. The van der Waals surface area contributed by atoms with Crippen LogP contribution in [-0.4, -0.2) is 9.28 Å². The van der Waals surface area contributed by atoms with E-state index in [2.05, 4.69) is 37.8 Å². The average Bonchev–Trinajstić information content (AvgIpc) is 2.27. The molecule has 0 spiro atoms. The van der Waals surface area contributed by atoms with Crippen LogP contribution in [0.2, 0.25) is 0 Å². The standard InChI is InChI=1S/C12H14S3/c1-3-9-14-12(13)15-11-7-5-10(4-2)6-8-11/h4-8H,2-3,9H2,1H3. The van der Waals surface area contributed by atoms with Crippen LogP contribution in [0.1, 0.15) is 18.9 Å². The molecule has 0 saturated carbocycles. The zero-order chi connectivity index (χ0) is 11.1. The van der Waals surface area contributed by atoms with E-state index in [1.54, 1.807) is 23.5 Å². The molecule has 0 aliphatic rings. The van der Waals surface area contributed by atoms with Crippen molar-refractivity contribution in [2.24, 2.45) is 0 Å². The summed E-state index contributed by atoms with van der Waals surface area (Å²) in [6, 6.07) is 8.28. The summed E-state index contributed by atoms with van der Waals surface area (Å²) in [4.78, 5) is 1.20. The molecule has 0 nitrogen and oxygen atoms in total. The first-order valence-electron chi connectivity index (χ1n) is 4.83. The molecule has 1 rings (SSSR count). The molecular weight excluding hydrogens is 240 g/mol. The van der Waals surface area contributed by atoms with Crippen molar-refractivity contribution >= 4 is 45.3 Å². The normalized spacial score (nSPS) is 9.93. The maximum absolute atomic E-state index is 5.27. The summed E-state index contributed by atoms with van der Waals surface area (Å²) in [7, 11) is 0. The zero-order valence-corrected chi connectivity index (χ0v) is 11.2. The number of hydrogen-bond acceptors (Lipinski definition) is 3. The van der Waals surface area contributed by atoms with Crippen LogP contribution >= 0.6 is 35.7 Å². The summed E-state index contributed by atoms with van der Waals surface area (Å²) in [5.74, 6) is 1.11. The van der Waals surface area contributed by atoms with Gasteiger partial charge in [-0.05, 0) is 29.9 Å². The van der Waals surface area contributed by atoms with Crippen LogP contribution in [0.15, 0.2) is 35.7 Å². The molecule has 0 aliphatic heterocycles. The minimum Gasteiger partial charge on any atom is -0.107 e. The van der Waals surface area contributed by atoms with Crippen molar-refractivity contribution in [1.82, 2.24) is 0 Å². The van der Waals surface area contributed by atoms with E-state index in [9.17, 15) is 0 Å². The number of benzene rings is 1. The van der Waals surface area contributed by atoms with Gasteiger partial charge in [0, 0.05) is 4.90 Å². The van der Waals surface area contributed by atoms with Crippen LogP contribution in [0.4, 0.5) is 0 Å². The van der Waals surface area contributed by atoms with Crippen LogP contribution in [0.3, 0.4) is 0 Å². The Kier molecular flexibility index (Phi) is 6.06. The van der Waals surface area contributed by atoms with Crippen LogP contribution in [-0.2, 0) is 0 Å². The van der Waals surface area contributed by atoms with Crippen LogP contribution in [0, 0.1) is 0 Å². The summed E-state index contributed by atoms with van der Waals surface area (Å²) in [6.45, 7) is 5.89. The molecule has 0 unspecified atom stereocenters. The molecule has 0 bridgehead atoms. The van der Waals surface area contributed by atoms with Gasteiger partial charge in [-0.25, -0.2) is 0 Å². The first-order valence-corrected chi connectivity index (χ1v) is 7.04. The predicted molar refractivity (Wildman–Crippen MR) is 77.7 cm³/mol. The molecule has 0 saturated heterocycles. The fraction of sp³-hybridized carbons (Fsp3) is 0.250. The van der Waals surface area contributed by atoms with Crippen molar-refractivity contribution < 1.29 is 0 Å². The van der Waals surface area contributed by atoms with Crippen molar-refractivity contribution in [3.63, 3.8) is 0 Å². The van der Waals surface area contributed by atoms with Crippen LogP contribution in [0.25, 0.3) is 6.08 Å². The topological polar surface area (TPSA) is 0 Å². The summed E-state index contributed by atoms with van der Waals surface area (Å²) in [6.07, 6.45) is 3.01. The molecule has 1 aromatic rings. The van der Waals surface area contributed by atoms with E-state index in [0.717, 1.165) is 14.8 Å². The lowest BCUT2D eigenvalue weighted by atomic mass is 10.2. The monoisotopic (exact) mass is 254 g/mol. The van der Waals surface area contributed by atoms with Gasteiger partial charge in [-0.2, -0.15) is 0 Å². The van der Waals surface area contributed by atoms with Gasteiger partial charge in [0.05, 0.1) is 0 Å². The van der Waals surface area contributed by atoms with Crippen LogP contribution < -0.4 is 0 Å². The second-order valence-corrected chi connectivity index (χ2v) is 6.35. The molecule has 0 radical (unpaired) electrons. The van der Waals surface area contributed by atoms with Gasteiger partial charge in [-0.15, -0.1) is 11.8 Å². The highest BCUT2D eigenvalue weighted by atomic mass is 32.2. The summed E-state index contributed by atoms with van der Waals surface area (Å²) in [5, 5.41) is 0. The molecule has 0 aliphatic carbocycles. The lowest BCUT2D eigenvalue weighted by molar-refractivity contribution is 1.11. The Morgan fingerprint density at radius 1 is 1.40 bits per heavy atom. The molecule has 15 heavy (non-hydrogen) atoms. The van der Waals surface area contributed by atoms with E-state index in [1.165, 1.54) is 11.3 Å². The number of thiocarbonyl (C=S) groups is 1. The first kappa shape index (κ1) is 12.8. The van der Waals surface area contributed by atoms with Gasteiger partial charge in [0.15, 0.2) is 0 Å². The number of hydrogen-bond donors (Lipinski definition) is 0. The maximum atomic E-state index is 5.27. The third-order valence-electron chi connectivity index (χ3n) is 1.74. The van der Waals surface area contributed by atoms with E-state index >= 15 is 0 Å². The van der Waals surface area contributed by atoms with Gasteiger partial charge in [0.2, 0.25) is 0 Å². The Balaban J connectivity index is 2.49. The molecule has 0 N–H and O–H groups in total. The van der Waals surface area contributed by atoms with Crippen molar-refractivity contribution in [1.29, 1.82) is 0 Å². The lowest BCUT2D eigenvalue weighted by Crippen LogP contribution is -1.83. The van der Waals surface area contributed by atoms with E-state index in [1.807, 2.05) is 6.08 Å². The van der Waals surface area contributed by atoms with Crippen LogP contribution in [0.5, 0.6) is 0 Å². The first-order chi connectivity index (χ1) is 7.26. The number of thioether (sulfide) groups is 2. The number of rotatable bonds is 4. The molecule has 0 amide bonds. The Hall–Kier alpha value is -0.250. The minimum absolute atomic E-state index is 1.00. The fourth-order valence-electron chi connectivity index (χ4n) is 0.983. The van der Waals surface area contributed by atoms with Gasteiger partial charge < -0.3 is 0 Å². The largest absolute Gasteiger partial charge is 0.109 e. The Morgan fingerprint density at radius 2 is 2.07 bits per heavy atom. The van der Waals surface area contributed by atoms with E-state index in [-0.39, 0.29) is 0 Å². The molecule has 0 aromatic heterocycles. The molecule has 3 heteroatoms. The summed E-state index contributed by atoms with van der Waals surface area (Å²) in [5.41, 5.74) is 1.14. The molecular formula is C12H14S3. The summed E-state index contributed by atoms with van der Waals surface area (Å²) >= 11 is 8.69. The SMILES string of the molecule is C=Cc1ccc(SC(=S)SCCC)cc1. The molecule has 0 atom stereocenters. The van der Waals surface area contributed by atoms with Gasteiger partial charge in [-0.1, -0.05) is 55.7 Å². The predicted octanol–water partition coefficient (Wildman–Crippen LogP) is 4.85. The van der Waals surface area contributed by atoms with Gasteiger partial charge in [0.1, 0.15) is 3.53 Å². The molecule has 80 valence electrons. The third kappa shape index (κ3) is 4.87. The zero-order valence-electron chi connectivity index (χ0n) is 8.73. The highest BCUT2D eigenvalue weighted by molar-refractivity contribution is 8.47. The smallest absolute Gasteiger partial charge is 0.107 e. The highest BCUT2D eigenvalue weighted by Gasteiger charge is 2.00. The van der Waals surface area contributed by atoms with Gasteiger partial charge in [0.25, 0.3) is 0 Å². The second-order valence-electron chi connectivity index (χ2n) is 2.97. The fourth-order valence-corrected chi connectivity index (χ4v) is 3.13. The lowest BCUT2D eigenvalue weighted by Gasteiger charge is -2.02. The Labute approximate surface area is 106 Å². The average molecular weight is 254 g/mol. The van der Waals surface area contributed by atoms with Crippen molar-refractivity contribution in [3.8, 4) is 0 Å². The quantitative estimate of drug-likeness (QED) is 0.557. The third-order valence-corrected chi connectivity index (χ3v) is 4.47. The van der Waals surface area contributed by atoms with E-state index in [0.29, 0.717) is 0 Å². The van der Waals surface area contributed by atoms with E-state index in [4.69, 9.17) is 12.2 Å². The Bertz CT molecular complexity index is 327. The minimum atomic E-state index is 1.00. The highest BCUT2D eigenvalue weighted by Crippen LogP contribution is 2.26. The summed E-state index contributed by atoms with van der Waals surface area (Å²) < 4.78 is 1.00. The maximum Gasteiger partial charge on any atom is 0.109 e. The van der Waals surface area contributed by atoms with Gasteiger partial charge >= 0.3 is 0 Å². The van der Waals surface area contributed by atoms with Crippen molar-refractivity contribution in [2.45, 2.75) is 18.2 Å². The second kappa shape index (κ2) is 7.09. The Morgan fingerprint density at radius 3 is 2.60 bits per heavy atom. The molecule has 0 heterocycles. The van der Waals surface area contributed by atoms with Crippen molar-refractivity contribution in [3.05, 3.63) is 36.4 Å². The molecule has 1 aromatic carbocycles.